The van der Waals surface area contributed by atoms with Crippen LogP contribution in [0, 0.1) is 39.0 Å². The zero-order valence-corrected chi connectivity index (χ0v) is 10.7. The Morgan fingerprint density at radius 1 is 1.06 bits per heavy atom. The zero-order valence-electron chi connectivity index (χ0n) is 10.7. The fraction of sp³-hybridized carbons (Fsp3) is 0.267. The summed E-state index contributed by atoms with van der Waals surface area (Å²) in [4.78, 5) is 3.30. The summed E-state index contributed by atoms with van der Waals surface area (Å²) < 4.78 is 0. The molecule has 2 rings (SSSR count). The first-order chi connectivity index (χ1) is 8.04. The van der Waals surface area contributed by atoms with Crippen LogP contribution in [0.15, 0.2) is 18.2 Å². The molecule has 0 saturated heterocycles. The molecule has 17 heavy (non-hydrogen) atoms. The van der Waals surface area contributed by atoms with Gasteiger partial charge in [-0.2, -0.15) is 5.26 Å². The molecule has 86 valence electrons. The second-order valence-electron chi connectivity index (χ2n) is 4.54. The predicted octanol–water partition coefficient (Wildman–Crippen LogP) is 3.79. The highest BCUT2D eigenvalue weighted by molar-refractivity contribution is 5.69. The van der Waals surface area contributed by atoms with Gasteiger partial charge in [0.05, 0.1) is 5.56 Å². The van der Waals surface area contributed by atoms with Crippen LogP contribution in [-0.2, 0) is 0 Å². The smallest absolute Gasteiger partial charge is 0.101 e. The molecule has 1 aromatic heterocycles. The van der Waals surface area contributed by atoms with Gasteiger partial charge in [0.15, 0.2) is 0 Å². The van der Waals surface area contributed by atoms with Crippen molar-refractivity contribution in [2.75, 3.05) is 0 Å². The van der Waals surface area contributed by atoms with Gasteiger partial charge in [-0.3, -0.25) is 0 Å². The maximum atomic E-state index is 9.09. The van der Waals surface area contributed by atoms with Crippen LogP contribution < -0.4 is 0 Å². The monoisotopic (exact) mass is 224 g/mol. The summed E-state index contributed by atoms with van der Waals surface area (Å²) >= 11 is 0. The normalized spacial score (nSPS) is 10.3. The molecule has 1 heterocycles. The van der Waals surface area contributed by atoms with Crippen LogP contribution in [-0.4, -0.2) is 4.98 Å². The molecule has 0 atom stereocenters. The Bertz CT molecular complexity index is 613. The van der Waals surface area contributed by atoms with Crippen molar-refractivity contribution in [3.8, 4) is 17.3 Å². The van der Waals surface area contributed by atoms with E-state index < -0.39 is 0 Å². The molecule has 0 spiro atoms. The number of H-pyrrole nitrogens is 1. The third-order valence-electron chi connectivity index (χ3n) is 3.34. The Morgan fingerprint density at radius 3 is 2.29 bits per heavy atom. The fourth-order valence-corrected chi connectivity index (χ4v) is 2.10. The number of aryl methyl sites for hydroxylation is 3. The minimum absolute atomic E-state index is 0.762. The van der Waals surface area contributed by atoms with Crippen LogP contribution in [0.25, 0.3) is 11.3 Å². The van der Waals surface area contributed by atoms with Gasteiger partial charge in [-0.15, -0.1) is 0 Å². The molecular weight excluding hydrogens is 208 g/mol. The first kappa shape index (κ1) is 11.5. The van der Waals surface area contributed by atoms with Crippen molar-refractivity contribution in [3.63, 3.8) is 0 Å². The van der Waals surface area contributed by atoms with E-state index in [1.807, 2.05) is 13.8 Å². The maximum Gasteiger partial charge on any atom is 0.101 e. The standard InChI is InChI=1S/C15H16N2/c1-9-5-6-13(7-10(9)2)15-11(3)14(8-16)12(4)17-15/h5-7,17H,1-4H3. The van der Waals surface area contributed by atoms with E-state index in [9.17, 15) is 0 Å². The molecular formula is C15H16N2. The number of hydrogen-bond acceptors (Lipinski definition) is 1. The Balaban J connectivity index is 2.62. The summed E-state index contributed by atoms with van der Waals surface area (Å²) in [6, 6.07) is 8.63. The van der Waals surface area contributed by atoms with Gasteiger partial charge in [-0.05, 0) is 56.0 Å². The molecule has 1 aromatic carbocycles. The highest BCUT2D eigenvalue weighted by Crippen LogP contribution is 2.28. The van der Waals surface area contributed by atoms with E-state index in [0.717, 1.165) is 28.1 Å². The molecule has 0 aliphatic rings. The van der Waals surface area contributed by atoms with Crippen molar-refractivity contribution in [1.82, 2.24) is 4.98 Å². The molecule has 0 unspecified atom stereocenters. The van der Waals surface area contributed by atoms with Crippen molar-refractivity contribution in [2.45, 2.75) is 27.7 Å². The van der Waals surface area contributed by atoms with Crippen LogP contribution in [0.5, 0.6) is 0 Å². The molecule has 0 amide bonds. The lowest BCUT2D eigenvalue weighted by molar-refractivity contribution is 1.25. The average molecular weight is 224 g/mol. The van der Waals surface area contributed by atoms with Crippen LogP contribution in [0.1, 0.15) is 27.9 Å². The second kappa shape index (κ2) is 4.10. The van der Waals surface area contributed by atoms with Gasteiger partial charge < -0.3 is 4.98 Å². The van der Waals surface area contributed by atoms with Crippen LogP contribution in [0.4, 0.5) is 0 Å². The molecule has 2 heteroatoms. The van der Waals surface area contributed by atoms with E-state index in [1.54, 1.807) is 0 Å². The van der Waals surface area contributed by atoms with E-state index >= 15 is 0 Å². The molecule has 0 saturated carbocycles. The van der Waals surface area contributed by atoms with Crippen molar-refractivity contribution < 1.29 is 0 Å². The second-order valence-corrected chi connectivity index (χ2v) is 4.54. The van der Waals surface area contributed by atoms with Crippen molar-refractivity contribution >= 4 is 0 Å². The minimum Gasteiger partial charge on any atom is -0.357 e. The molecule has 0 bridgehead atoms. The molecule has 0 radical (unpaired) electrons. The van der Waals surface area contributed by atoms with Gasteiger partial charge in [-0.1, -0.05) is 12.1 Å². The lowest BCUT2D eigenvalue weighted by Crippen LogP contribution is -1.85. The Labute approximate surface area is 102 Å². The first-order valence-electron chi connectivity index (χ1n) is 5.71. The number of nitrogens with zero attached hydrogens (tertiary/aromatic N) is 1. The lowest BCUT2D eigenvalue weighted by Gasteiger charge is -2.05. The van der Waals surface area contributed by atoms with E-state index in [-0.39, 0.29) is 0 Å². The van der Waals surface area contributed by atoms with Crippen LogP contribution in [0.3, 0.4) is 0 Å². The number of rotatable bonds is 1. The van der Waals surface area contributed by atoms with Gasteiger partial charge in [0.1, 0.15) is 6.07 Å². The zero-order chi connectivity index (χ0) is 12.6. The van der Waals surface area contributed by atoms with E-state index in [0.29, 0.717) is 0 Å². The topological polar surface area (TPSA) is 39.6 Å². The number of benzene rings is 1. The summed E-state index contributed by atoms with van der Waals surface area (Å²) in [7, 11) is 0. The SMILES string of the molecule is Cc1ccc(-c2[nH]c(C)c(C#N)c2C)cc1C. The summed E-state index contributed by atoms with van der Waals surface area (Å²) in [6.45, 7) is 8.14. The number of nitrogens with one attached hydrogen (secondary N) is 1. The fourth-order valence-electron chi connectivity index (χ4n) is 2.10. The van der Waals surface area contributed by atoms with Gasteiger partial charge in [0, 0.05) is 11.4 Å². The summed E-state index contributed by atoms with van der Waals surface area (Å²) in [5.41, 5.74) is 7.50. The van der Waals surface area contributed by atoms with Gasteiger partial charge in [0.25, 0.3) is 0 Å². The Morgan fingerprint density at radius 2 is 1.76 bits per heavy atom. The van der Waals surface area contributed by atoms with Crippen LogP contribution in [0.2, 0.25) is 0 Å². The first-order valence-corrected chi connectivity index (χ1v) is 5.71. The maximum absolute atomic E-state index is 9.09. The molecule has 1 N–H and O–H groups in total. The molecule has 0 fully saturated rings. The van der Waals surface area contributed by atoms with Gasteiger partial charge >= 0.3 is 0 Å². The molecule has 0 aliphatic heterocycles. The van der Waals surface area contributed by atoms with Crippen LogP contribution >= 0.6 is 0 Å². The number of nitriles is 1. The predicted molar refractivity (Wildman–Crippen MR) is 69.9 cm³/mol. The number of aromatic amines is 1. The quantitative estimate of drug-likeness (QED) is 0.786. The highest BCUT2D eigenvalue weighted by Gasteiger charge is 2.12. The number of aromatic nitrogens is 1. The van der Waals surface area contributed by atoms with Crippen molar-refractivity contribution in [2.24, 2.45) is 0 Å². The van der Waals surface area contributed by atoms with Crippen molar-refractivity contribution in [1.29, 1.82) is 5.26 Å². The minimum atomic E-state index is 0.762. The van der Waals surface area contributed by atoms with E-state index in [1.165, 1.54) is 11.1 Å². The van der Waals surface area contributed by atoms with Gasteiger partial charge in [0.2, 0.25) is 0 Å². The summed E-state index contributed by atoms with van der Waals surface area (Å²) in [5.74, 6) is 0. The van der Waals surface area contributed by atoms with Gasteiger partial charge in [-0.25, -0.2) is 0 Å². The largest absolute Gasteiger partial charge is 0.357 e. The highest BCUT2D eigenvalue weighted by atomic mass is 14.7. The molecule has 0 aliphatic carbocycles. The third kappa shape index (κ3) is 1.85. The van der Waals surface area contributed by atoms with Crippen molar-refractivity contribution in [3.05, 3.63) is 46.1 Å². The average Bonchev–Trinajstić information content (AvgIpc) is 2.58. The van der Waals surface area contributed by atoms with E-state index in [4.69, 9.17) is 5.26 Å². The van der Waals surface area contributed by atoms with E-state index in [2.05, 4.69) is 43.1 Å². The molecule has 2 aromatic rings. The summed E-state index contributed by atoms with van der Waals surface area (Å²) in [6.07, 6.45) is 0. The Hall–Kier alpha value is -2.01. The number of hydrogen-bond donors (Lipinski definition) is 1. The Kier molecular flexibility index (Phi) is 2.77. The third-order valence-corrected chi connectivity index (χ3v) is 3.34. The summed E-state index contributed by atoms with van der Waals surface area (Å²) in [5, 5.41) is 9.09. The lowest BCUT2D eigenvalue weighted by atomic mass is 10.0. The molecule has 2 nitrogen and oxygen atoms in total.